The highest BCUT2D eigenvalue weighted by Crippen LogP contribution is 2.33. The Morgan fingerprint density at radius 1 is 1.42 bits per heavy atom. The van der Waals surface area contributed by atoms with Crippen molar-refractivity contribution in [3.8, 4) is 0 Å². The number of likely N-dealkylation sites (tertiary alicyclic amines) is 1. The zero-order chi connectivity index (χ0) is 9.41. The second-order valence-corrected chi connectivity index (χ2v) is 5.31. The maximum Gasteiger partial charge on any atom is 0.0497 e. The largest absolute Gasteiger partial charge is 0.396 e. The van der Waals surface area contributed by atoms with E-state index in [1.54, 1.807) is 0 Å². The lowest BCUT2D eigenvalue weighted by Gasteiger charge is -2.33. The molecule has 1 aliphatic heterocycles. The fourth-order valence-corrected chi connectivity index (χ4v) is 1.73. The predicted octanol–water partition coefficient (Wildman–Crippen LogP) is 1.49. The number of hydrogen-bond acceptors (Lipinski definition) is 2. The number of rotatable bonds is 1. The highest BCUT2D eigenvalue weighted by Gasteiger charge is 2.37. The van der Waals surface area contributed by atoms with E-state index < -0.39 is 0 Å². The van der Waals surface area contributed by atoms with E-state index in [0.29, 0.717) is 6.61 Å². The molecule has 0 unspecified atom stereocenters. The van der Waals surface area contributed by atoms with Crippen LogP contribution in [0.3, 0.4) is 0 Å². The lowest BCUT2D eigenvalue weighted by molar-refractivity contribution is 0.113. The van der Waals surface area contributed by atoms with Gasteiger partial charge in [0.15, 0.2) is 0 Å². The van der Waals surface area contributed by atoms with Crippen LogP contribution >= 0.6 is 0 Å². The molecule has 1 fully saturated rings. The molecule has 0 saturated carbocycles. The second-order valence-electron chi connectivity index (χ2n) is 5.31. The van der Waals surface area contributed by atoms with Crippen molar-refractivity contribution in [2.24, 2.45) is 5.41 Å². The monoisotopic (exact) mass is 171 g/mol. The van der Waals surface area contributed by atoms with Crippen molar-refractivity contribution in [2.75, 3.05) is 19.7 Å². The molecule has 2 heteroatoms. The van der Waals surface area contributed by atoms with Crippen LogP contribution in [0.15, 0.2) is 0 Å². The average Bonchev–Trinajstić information content (AvgIpc) is 2.32. The summed E-state index contributed by atoms with van der Waals surface area (Å²) in [5, 5.41) is 9.18. The van der Waals surface area contributed by atoms with Crippen molar-refractivity contribution in [1.82, 2.24) is 4.90 Å². The van der Waals surface area contributed by atoms with Gasteiger partial charge in [-0.05, 0) is 33.7 Å². The number of nitrogens with zero attached hydrogens (tertiary/aromatic N) is 1. The standard InChI is InChI=1S/C10H21NO/c1-9(2,3)11-6-5-10(4,7-11)8-12/h12H,5-8H2,1-4H3/t10-/m1/s1. The Kier molecular flexibility index (Phi) is 2.50. The summed E-state index contributed by atoms with van der Waals surface area (Å²) in [5.74, 6) is 0. The van der Waals surface area contributed by atoms with Crippen LogP contribution in [-0.2, 0) is 0 Å². The molecule has 0 spiro atoms. The first-order valence-corrected chi connectivity index (χ1v) is 4.73. The molecule has 0 aliphatic carbocycles. The Bertz CT molecular complexity index is 162. The molecule has 1 N–H and O–H groups in total. The van der Waals surface area contributed by atoms with E-state index in [9.17, 15) is 5.11 Å². The molecule has 12 heavy (non-hydrogen) atoms. The van der Waals surface area contributed by atoms with Gasteiger partial charge >= 0.3 is 0 Å². The van der Waals surface area contributed by atoms with Gasteiger partial charge < -0.3 is 5.11 Å². The van der Waals surface area contributed by atoms with Crippen LogP contribution in [0.5, 0.6) is 0 Å². The van der Waals surface area contributed by atoms with Gasteiger partial charge in [0.1, 0.15) is 0 Å². The van der Waals surface area contributed by atoms with Crippen molar-refractivity contribution in [1.29, 1.82) is 0 Å². The third-order valence-electron chi connectivity index (χ3n) is 2.89. The van der Waals surface area contributed by atoms with E-state index in [2.05, 4.69) is 32.6 Å². The second kappa shape index (κ2) is 3.00. The maximum absolute atomic E-state index is 9.18. The third-order valence-corrected chi connectivity index (χ3v) is 2.89. The molecule has 1 rings (SSSR count). The van der Waals surface area contributed by atoms with Crippen LogP contribution < -0.4 is 0 Å². The smallest absolute Gasteiger partial charge is 0.0497 e. The molecule has 1 saturated heterocycles. The fourth-order valence-electron chi connectivity index (χ4n) is 1.73. The van der Waals surface area contributed by atoms with Crippen LogP contribution in [0.4, 0.5) is 0 Å². The van der Waals surface area contributed by atoms with Gasteiger partial charge in [0.25, 0.3) is 0 Å². The Balaban J connectivity index is 2.57. The van der Waals surface area contributed by atoms with Crippen molar-refractivity contribution in [3.63, 3.8) is 0 Å². The number of aliphatic hydroxyl groups is 1. The van der Waals surface area contributed by atoms with Gasteiger partial charge in [-0.2, -0.15) is 0 Å². The summed E-state index contributed by atoms with van der Waals surface area (Å²) in [4.78, 5) is 2.45. The Morgan fingerprint density at radius 3 is 2.25 bits per heavy atom. The molecule has 1 heterocycles. The molecule has 0 aromatic rings. The summed E-state index contributed by atoms with van der Waals surface area (Å²) in [5.41, 5.74) is 0.403. The van der Waals surface area contributed by atoms with Crippen LogP contribution in [-0.4, -0.2) is 35.2 Å². The van der Waals surface area contributed by atoms with Crippen LogP contribution in [0, 0.1) is 5.41 Å². The molecular formula is C10H21NO. The molecule has 1 atom stereocenters. The number of aliphatic hydroxyl groups excluding tert-OH is 1. The Hall–Kier alpha value is -0.0800. The summed E-state index contributed by atoms with van der Waals surface area (Å²) < 4.78 is 0. The van der Waals surface area contributed by atoms with Crippen molar-refractivity contribution >= 4 is 0 Å². The Labute approximate surface area is 75.6 Å². The highest BCUT2D eigenvalue weighted by molar-refractivity contribution is 4.91. The van der Waals surface area contributed by atoms with E-state index in [-0.39, 0.29) is 11.0 Å². The minimum Gasteiger partial charge on any atom is -0.396 e. The lowest BCUT2D eigenvalue weighted by atomic mass is 9.91. The van der Waals surface area contributed by atoms with Gasteiger partial charge in [-0.25, -0.2) is 0 Å². The zero-order valence-electron chi connectivity index (χ0n) is 8.72. The first-order chi connectivity index (χ1) is 5.37. The van der Waals surface area contributed by atoms with Gasteiger partial charge in [0, 0.05) is 24.1 Å². The van der Waals surface area contributed by atoms with Crippen molar-refractivity contribution in [3.05, 3.63) is 0 Å². The molecule has 1 aliphatic rings. The van der Waals surface area contributed by atoms with Crippen molar-refractivity contribution < 1.29 is 5.11 Å². The summed E-state index contributed by atoms with van der Waals surface area (Å²) in [7, 11) is 0. The van der Waals surface area contributed by atoms with Gasteiger partial charge in [-0.15, -0.1) is 0 Å². The van der Waals surface area contributed by atoms with E-state index >= 15 is 0 Å². The molecule has 2 nitrogen and oxygen atoms in total. The number of hydrogen-bond donors (Lipinski definition) is 1. The summed E-state index contributed by atoms with van der Waals surface area (Å²) in [6.07, 6.45) is 1.13. The molecule has 0 aromatic carbocycles. The van der Waals surface area contributed by atoms with Gasteiger partial charge in [0.2, 0.25) is 0 Å². The van der Waals surface area contributed by atoms with Gasteiger partial charge in [0.05, 0.1) is 0 Å². The Morgan fingerprint density at radius 2 is 2.00 bits per heavy atom. The predicted molar refractivity (Wildman–Crippen MR) is 51.1 cm³/mol. The quantitative estimate of drug-likeness (QED) is 0.646. The normalized spacial score (nSPS) is 32.8. The molecule has 0 amide bonds. The average molecular weight is 171 g/mol. The maximum atomic E-state index is 9.18. The summed E-state index contributed by atoms with van der Waals surface area (Å²) >= 11 is 0. The van der Waals surface area contributed by atoms with Crippen LogP contribution in [0.2, 0.25) is 0 Å². The van der Waals surface area contributed by atoms with Gasteiger partial charge in [-0.1, -0.05) is 6.92 Å². The minimum atomic E-state index is 0.146. The first-order valence-electron chi connectivity index (χ1n) is 4.73. The fraction of sp³-hybridized carbons (Fsp3) is 1.00. The minimum absolute atomic E-state index is 0.146. The SMILES string of the molecule is CC(C)(C)N1CC[C@@](C)(CO)C1. The zero-order valence-corrected chi connectivity index (χ0v) is 8.72. The molecule has 0 aromatic heterocycles. The van der Waals surface area contributed by atoms with E-state index in [4.69, 9.17) is 0 Å². The summed E-state index contributed by atoms with van der Waals surface area (Å²) in [6.45, 7) is 11.3. The molecular weight excluding hydrogens is 150 g/mol. The lowest BCUT2D eigenvalue weighted by Crippen LogP contribution is -2.41. The van der Waals surface area contributed by atoms with E-state index in [1.807, 2.05) is 0 Å². The highest BCUT2D eigenvalue weighted by atomic mass is 16.3. The summed E-state index contributed by atoms with van der Waals surface area (Å²) in [6, 6.07) is 0. The van der Waals surface area contributed by atoms with Crippen LogP contribution in [0.25, 0.3) is 0 Å². The van der Waals surface area contributed by atoms with Crippen LogP contribution in [0.1, 0.15) is 34.1 Å². The van der Waals surface area contributed by atoms with Crippen molar-refractivity contribution in [2.45, 2.75) is 39.7 Å². The first kappa shape index (κ1) is 10.0. The van der Waals surface area contributed by atoms with E-state index in [0.717, 1.165) is 19.5 Å². The molecule has 72 valence electrons. The van der Waals surface area contributed by atoms with E-state index in [1.165, 1.54) is 0 Å². The molecule has 0 radical (unpaired) electrons. The topological polar surface area (TPSA) is 23.5 Å². The van der Waals surface area contributed by atoms with Gasteiger partial charge in [-0.3, -0.25) is 4.90 Å². The molecule has 0 bridgehead atoms. The third kappa shape index (κ3) is 1.99.